The molecule has 0 fully saturated rings. The van der Waals surface area contributed by atoms with Crippen molar-refractivity contribution in [1.82, 2.24) is 15.1 Å². The van der Waals surface area contributed by atoms with Crippen molar-refractivity contribution in [2.24, 2.45) is 12.8 Å². The van der Waals surface area contributed by atoms with Crippen LogP contribution in [0, 0.1) is 5.41 Å². The van der Waals surface area contributed by atoms with Gasteiger partial charge in [0.15, 0.2) is 0 Å². The highest BCUT2D eigenvalue weighted by atomic mass is 19.3. The summed E-state index contributed by atoms with van der Waals surface area (Å²) in [5.74, 6) is 0.306. The lowest BCUT2D eigenvalue weighted by molar-refractivity contribution is 0.152. The Morgan fingerprint density at radius 1 is 1.32 bits per heavy atom. The molecule has 6 nitrogen and oxygen atoms in total. The molecule has 0 saturated heterocycles. The topological polar surface area (TPSA) is 83.0 Å². The second-order valence-electron chi connectivity index (χ2n) is 7.31. The number of halogens is 2. The maximum absolute atomic E-state index is 13.9. The Morgan fingerprint density at radius 3 is 2.82 bits per heavy atom. The van der Waals surface area contributed by atoms with Crippen LogP contribution in [-0.2, 0) is 13.5 Å². The van der Waals surface area contributed by atoms with Crippen LogP contribution in [0.1, 0.15) is 30.4 Å². The Labute approximate surface area is 162 Å². The van der Waals surface area contributed by atoms with Crippen molar-refractivity contribution in [2.45, 2.75) is 25.7 Å². The number of alkyl halides is 2. The van der Waals surface area contributed by atoms with Crippen LogP contribution in [0.25, 0.3) is 11.1 Å². The third kappa shape index (κ3) is 3.28. The van der Waals surface area contributed by atoms with Gasteiger partial charge in [-0.2, -0.15) is 5.10 Å². The number of nitrogens with zero attached hydrogens (tertiary/aromatic N) is 3. The van der Waals surface area contributed by atoms with E-state index >= 15 is 0 Å². The summed E-state index contributed by atoms with van der Waals surface area (Å²) in [7, 11) is 1.77. The molecule has 28 heavy (non-hydrogen) atoms. The molecule has 0 saturated carbocycles. The fourth-order valence-corrected chi connectivity index (χ4v) is 3.97. The average Bonchev–Trinajstić information content (AvgIpc) is 3.12. The summed E-state index contributed by atoms with van der Waals surface area (Å²) in [5.41, 5.74) is 10.4. The van der Waals surface area contributed by atoms with Gasteiger partial charge in [0.05, 0.1) is 6.20 Å². The molecule has 0 bridgehead atoms. The Bertz CT molecular complexity index is 946. The number of aromatic nitrogens is 2. The summed E-state index contributed by atoms with van der Waals surface area (Å²) in [4.78, 5) is 1.83. The largest absolute Gasteiger partial charge is 0.402 e. The molecule has 1 aromatic heterocycles. The highest BCUT2D eigenvalue weighted by Gasteiger charge is 2.28. The summed E-state index contributed by atoms with van der Waals surface area (Å²) in [6.07, 6.45) is 3.09. The summed E-state index contributed by atoms with van der Waals surface area (Å²) in [6, 6.07) is 3.38. The smallest absolute Gasteiger partial charge is 0.264 e. The van der Waals surface area contributed by atoms with E-state index in [-0.39, 0.29) is 5.56 Å². The Balaban J connectivity index is 1.79. The molecule has 148 valence electrons. The molecule has 0 atom stereocenters. The first-order valence-corrected chi connectivity index (χ1v) is 9.44. The van der Waals surface area contributed by atoms with E-state index in [4.69, 9.17) is 11.1 Å². The Morgan fingerprint density at radius 2 is 2.14 bits per heavy atom. The fraction of sp³-hybridized carbons (Fsp3) is 0.400. The first kappa shape index (κ1) is 18.6. The predicted molar refractivity (Wildman–Crippen MR) is 106 cm³/mol. The van der Waals surface area contributed by atoms with E-state index in [0.717, 1.165) is 30.5 Å². The number of hydrogen-bond donors (Lipinski definition) is 3. The lowest BCUT2D eigenvalue weighted by Gasteiger charge is -2.34. The molecule has 3 heterocycles. The van der Waals surface area contributed by atoms with Crippen molar-refractivity contribution < 1.29 is 8.78 Å². The van der Waals surface area contributed by atoms with Crippen molar-refractivity contribution in [1.29, 1.82) is 5.41 Å². The van der Waals surface area contributed by atoms with E-state index < -0.39 is 6.43 Å². The van der Waals surface area contributed by atoms with Crippen LogP contribution in [0.5, 0.6) is 0 Å². The van der Waals surface area contributed by atoms with Crippen LogP contribution < -0.4 is 16.0 Å². The number of anilines is 1. The predicted octanol–water partition coefficient (Wildman–Crippen LogP) is 2.96. The maximum Gasteiger partial charge on any atom is 0.264 e. The minimum atomic E-state index is -2.61. The van der Waals surface area contributed by atoms with E-state index in [1.54, 1.807) is 30.2 Å². The molecule has 4 N–H and O–H groups in total. The number of amidine groups is 1. The SMILES string of the molecule is Cn1cc(-c2cc3c(cc2C(F)F)N(C(=N)C2=C(N)CCNC2)CCC3)cn1. The minimum absolute atomic E-state index is 0.0322. The van der Waals surface area contributed by atoms with Gasteiger partial charge in [0.25, 0.3) is 6.43 Å². The van der Waals surface area contributed by atoms with Gasteiger partial charge in [-0.15, -0.1) is 0 Å². The molecule has 2 aliphatic rings. The molecule has 0 amide bonds. The van der Waals surface area contributed by atoms with Gasteiger partial charge in [-0.25, -0.2) is 8.78 Å². The number of aryl methyl sites for hydroxylation is 2. The monoisotopic (exact) mass is 386 g/mol. The number of nitrogens with two attached hydrogens (primary N) is 1. The molecule has 0 aliphatic carbocycles. The van der Waals surface area contributed by atoms with Crippen molar-refractivity contribution >= 4 is 11.5 Å². The number of hydrogen-bond acceptors (Lipinski definition) is 4. The molecule has 0 radical (unpaired) electrons. The second kappa shape index (κ2) is 7.35. The van der Waals surface area contributed by atoms with Crippen LogP contribution in [0.4, 0.5) is 14.5 Å². The molecule has 0 spiro atoms. The Kier molecular flexibility index (Phi) is 4.89. The quantitative estimate of drug-likeness (QED) is 0.559. The molecular weight excluding hydrogens is 362 g/mol. The van der Waals surface area contributed by atoms with E-state index in [9.17, 15) is 8.78 Å². The Hall–Kier alpha value is -2.74. The zero-order valence-corrected chi connectivity index (χ0v) is 15.8. The summed E-state index contributed by atoms with van der Waals surface area (Å²) in [5, 5.41) is 16.0. The second-order valence-corrected chi connectivity index (χ2v) is 7.31. The first-order valence-electron chi connectivity index (χ1n) is 9.44. The van der Waals surface area contributed by atoms with Gasteiger partial charge in [-0.1, -0.05) is 0 Å². The van der Waals surface area contributed by atoms with E-state index in [1.165, 1.54) is 0 Å². The van der Waals surface area contributed by atoms with Gasteiger partial charge in [0.2, 0.25) is 0 Å². The van der Waals surface area contributed by atoms with Crippen LogP contribution in [-0.4, -0.2) is 35.3 Å². The van der Waals surface area contributed by atoms with Gasteiger partial charge in [0, 0.05) is 61.0 Å². The average molecular weight is 386 g/mol. The van der Waals surface area contributed by atoms with Gasteiger partial charge in [0.1, 0.15) is 5.84 Å². The summed E-state index contributed by atoms with van der Waals surface area (Å²) in [6.45, 7) is 1.95. The van der Waals surface area contributed by atoms with Gasteiger partial charge in [-0.05, 0) is 42.5 Å². The van der Waals surface area contributed by atoms with Crippen molar-refractivity contribution in [3.05, 3.63) is 46.9 Å². The van der Waals surface area contributed by atoms with E-state index in [2.05, 4.69) is 10.4 Å². The molecular formula is C20H24F2N6. The van der Waals surface area contributed by atoms with E-state index in [0.29, 0.717) is 47.9 Å². The summed E-state index contributed by atoms with van der Waals surface area (Å²) < 4.78 is 29.4. The standard InChI is InChI=1S/C20H24F2N6/c1-27-11-13(9-26-27)14-7-12-3-2-6-28(18(12)8-15(14)19(21)22)20(24)16-10-25-5-4-17(16)23/h7-9,11,19,24-25H,2-6,10,23H2,1H3. The van der Waals surface area contributed by atoms with Gasteiger partial charge < -0.3 is 16.0 Å². The highest BCUT2D eigenvalue weighted by molar-refractivity contribution is 6.09. The zero-order valence-electron chi connectivity index (χ0n) is 15.8. The van der Waals surface area contributed by atoms with Crippen molar-refractivity contribution in [3.8, 4) is 11.1 Å². The molecule has 0 unspecified atom stereocenters. The lowest BCUT2D eigenvalue weighted by Crippen LogP contribution is -2.41. The number of nitrogens with one attached hydrogen (secondary N) is 2. The molecule has 1 aromatic carbocycles. The van der Waals surface area contributed by atoms with Crippen LogP contribution >= 0.6 is 0 Å². The van der Waals surface area contributed by atoms with Crippen LogP contribution in [0.2, 0.25) is 0 Å². The molecule has 4 rings (SSSR count). The van der Waals surface area contributed by atoms with Gasteiger partial charge >= 0.3 is 0 Å². The molecule has 2 aromatic rings. The van der Waals surface area contributed by atoms with Gasteiger partial charge in [-0.3, -0.25) is 10.1 Å². The fourth-order valence-electron chi connectivity index (χ4n) is 3.97. The summed E-state index contributed by atoms with van der Waals surface area (Å²) >= 11 is 0. The zero-order chi connectivity index (χ0) is 19.8. The lowest BCUT2D eigenvalue weighted by atomic mass is 9.92. The first-order chi connectivity index (χ1) is 13.5. The van der Waals surface area contributed by atoms with Crippen LogP contribution in [0.3, 0.4) is 0 Å². The number of rotatable bonds is 3. The third-order valence-corrected chi connectivity index (χ3v) is 5.44. The van der Waals surface area contributed by atoms with Crippen molar-refractivity contribution in [3.63, 3.8) is 0 Å². The minimum Gasteiger partial charge on any atom is -0.402 e. The number of fused-ring (bicyclic) bond motifs is 1. The molecule has 8 heteroatoms. The number of benzene rings is 1. The van der Waals surface area contributed by atoms with E-state index in [1.807, 2.05) is 11.0 Å². The highest BCUT2D eigenvalue weighted by Crippen LogP contribution is 2.39. The molecule has 2 aliphatic heterocycles. The maximum atomic E-state index is 13.9. The normalized spacial score (nSPS) is 17.2. The third-order valence-electron chi connectivity index (χ3n) is 5.44. The van der Waals surface area contributed by atoms with Crippen LogP contribution in [0.15, 0.2) is 35.8 Å². The van der Waals surface area contributed by atoms with Crippen molar-refractivity contribution in [2.75, 3.05) is 24.5 Å².